The quantitative estimate of drug-likeness (QED) is 0.528. The number of nitrogens with zero attached hydrogens (tertiary/aromatic N) is 2. The van der Waals surface area contributed by atoms with E-state index in [1.54, 1.807) is 29.2 Å². The van der Waals surface area contributed by atoms with E-state index in [0.29, 0.717) is 31.6 Å². The number of hydrogen-bond donors (Lipinski definition) is 1. The van der Waals surface area contributed by atoms with Gasteiger partial charge in [0.25, 0.3) is 0 Å². The highest BCUT2D eigenvalue weighted by atomic mass is 32.2. The molecule has 0 aromatic heterocycles. The highest BCUT2D eigenvalue weighted by Crippen LogP contribution is 2.19. The molecule has 2 rings (SSSR count). The molecule has 0 radical (unpaired) electrons. The van der Waals surface area contributed by atoms with Gasteiger partial charge in [-0.05, 0) is 37.5 Å². The largest absolute Gasteiger partial charge is 0.355 e. The first kappa shape index (κ1) is 25.4. The number of hydrogen-bond acceptors (Lipinski definition) is 4. The predicted molar refractivity (Wildman–Crippen MR) is 128 cm³/mol. The molecular weight excluding hydrogens is 426 g/mol. The maximum Gasteiger partial charge on any atom is 0.242 e. The van der Waals surface area contributed by atoms with Crippen molar-refractivity contribution < 1.29 is 18.0 Å². The Morgan fingerprint density at radius 3 is 2.09 bits per heavy atom. The Labute approximate surface area is 191 Å². The van der Waals surface area contributed by atoms with Crippen LogP contribution in [0.5, 0.6) is 0 Å². The second-order valence-corrected chi connectivity index (χ2v) is 9.51. The second-order valence-electron chi connectivity index (χ2n) is 7.60. The lowest BCUT2D eigenvalue weighted by Gasteiger charge is -2.31. The third-order valence-corrected chi connectivity index (χ3v) is 6.32. The average Bonchev–Trinajstić information content (AvgIpc) is 2.77. The van der Waals surface area contributed by atoms with E-state index in [-0.39, 0.29) is 24.8 Å². The minimum Gasteiger partial charge on any atom is -0.355 e. The molecule has 1 atom stereocenters. The van der Waals surface area contributed by atoms with E-state index < -0.39 is 16.1 Å². The Hall–Kier alpha value is -2.87. The zero-order chi connectivity index (χ0) is 23.6. The van der Waals surface area contributed by atoms with Gasteiger partial charge in [-0.3, -0.25) is 13.9 Å². The number of benzene rings is 2. The van der Waals surface area contributed by atoms with E-state index >= 15 is 0 Å². The standard InChI is InChI=1S/C24H33N3O4S/c1-4-22(24(29)25-5-2)26(19-20-13-8-6-9-14-20)23(28)17-12-18-27(32(3,30)31)21-15-10-7-11-16-21/h6-11,13-16,22H,4-5,12,17-19H2,1-3H3,(H,25,29). The summed E-state index contributed by atoms with van der Waals surface area (Å²) in [6.45, 7) is 4.72. The number of para-hydroxylation sites is 1. The average molecular weight is 460 g/mol. The van der Waals surface area contributed by atoms with Crippen molar-refractivity contribution in [3.63, 3.8) is 0 Å². The van der Waals surface area contributed by atoms with E-state index in [4.69, 9.17) is 0 Å². The summed E-state index contributed by atoms with van der Waals surface area (Å²) in [7, 11) is -3.48. The van der Waals surface area contributed by atoms with Crippen LogP contribution in [-0.2, 0) is 26.2 Å². The minimum absolute atomic E-state index is 0.140. The Morgan fingerprint density at radius 2 is 1.56 bits per heavy atom. The lowest BCUT2D eigenvalue weighted by atomic mass is 10.1. The van der Waals surface area contributed by atoms with Crippen molar-refractivity contribution in [2.45, 2.75) is 45.7 Å². The van der Waals surface area contributed by atoms with Crippen LogP contribution in [0.3, 0.4) is 0 Å². The van der Waals surface area contributed by atoms with Crippen LogP contribution in [-0.4, -0.2) is 50.5 Å². The number of amides is 2. The van der Waals surface area contributed by atoms with Crippen LogP contribution in [0, 0.1) is 0 Å². The van der Waals surface area contributed by atoms with Gasteiger partial charge in [0.15, 0.2) is 0 Å². The number of anilines is 1. The first-order valence-electron chi connectivity index (χ1n) is 10.9. The molecule has 0 aliphatic heterocycles. The molecular formula is C24H33N3O4S. The molecule has 1 N–H and O–H groups in total. The summed E-state index contributed by atoms with van der Waals surface area (Å²) in [4.78, 5) is 27.4. The van der Waals surface area contributed by atoms with Crippen molar-refractivity contribution in [2.75, 3.05) is 23.7 Å². The van der Waals surface area contributed by atoms with Crippen LogP contribution >= 0.6 is 0 Å². The smallest absolute Gasteiger partial charge is 0.242 e. The van der Waals surface area contributed by atoms with Gasteiger partial charge in [0, 0.05) is 26.1 Å². The predicted octanol–water partition coefficient (Wildman–Crippen LogP) is 3.18. The molecule has 1 unspecified atom stereocenters. The highest BCUT2D eigenvalue weighted by Gasteiger charge is 2.28. The van der Waals surface area contributed by atoms with Crippen molar-refractivity contribution >= 4 is 27.5 Å². The van der Waals surface area contributed by atoms with E-state index in [0.717, 1.165) is 11.8 Å². The maximum atomic E-state index is 13.2. The summed E-state index contributed by atoms with van der Waals surface area (Å²) in [6, 6.07) is 17.8. The monoisotopic (exact) mass is 459 g/mol. The lowest BCUT2D eigenvalue weighted by molar-refractivity contribution is -0.141. The number of likely N-dealkylation sites (N-methyl/N-ethyl adjacent to an activating group) is 1. The van der Waals surface area contributed by atoms with Crippen LogP contribution in [0.25, 0.3) is 0 Å². The van der Waals surface area contributed by atoms with Crippen LogP contribution < -0.4 is 9.62 Å². The van der Waals surface area contributed by atoms with Crippen molar-refractivity contribution in [3.8, 4) is 0 Å². The molecule has 7 nitrogen and oxygen atoms in total. The van der Waals surface area contributed by atoms with Crippen molar-refractivity contribution in [1.82, 2.24) is 10.2 Å². The van der Waals surface area contributed by atoms with Gasteiger partial charge in [0.05, 0.1) is 11.9 Å². The molecule has 2 amide bonds. The molecule has 0 saturated carbocycles. The summed E-state index contributed by atoms with van der Waals surface area (Å²) in [6.07, 6.45) is 2.13. The van der Waals surface area contributed by atoms with Crippen molar-refractivity contribution in [2.24, 2.45) is 0 Å². The molecule has 0 fully saturated rings. The van der Waals surface area contributed by atoms with Gasteiger partial charge in [0.1, 0.15) is 6.04 Å². The van der Waals surface area contributed by atoms with Crippen LogP contribution in [0.1, 0.15) is 38.7 Å². The second kappa shape index (κ2) is 12.2. The van der Waals surface area contributed by atoms with Crippen LogP contribution in [0.2, 0.25) is 0 Å². The molecule has 174 valence electrons. The van der Waals surface area contributed by atoms with E-state index in [1.807, 2.05) is 50.2 Å². The third kappa shape index (κ3) is 7.37. The molecule has 2 aromatic rings. The van der Waals surface area contributed by atoms with E-state index in [1.165, 1.54) is 4.31 Å². The fourth-order valence-corrected chi connectivity index (χ4v) is 4.56. The van der Waals surface area contributed by atoms with Gasteiger partial charge < -0.3 is 10.2 Å². The van der Waals surface area contributed by atoms with Crippen LogP contribution in [0.15, 0.2) is 60.7 Å². The topological polar surface area (TPSA) is 86.8 Å². The zero-order valence-electron chi connectivity index (χ0n) is 19.0. The highest BCUT2D eigenvalue weighted by molar-refractivity contribution is 7.92. The summed E-state index contributed by atoms with van der Waals surface area (Å²) in [5.41, 5.74) is 1.50. The molecule has 32 heavy (non-hydrogen) atoms. The summed E-state index contributed by atoms with van der Waals surface area (Å²) >= 11 is 0. The zero-order valence-corrected chi connectivity index (χ0v) is 19.8. The first-order chi connectivity index (χ1) is 15.3. The number of rotatable bonds is 12. The first-order valence-corrected chi connectivity index (χ1v) is 12.8. The van der Waals surface area contributed by atoms with E-state index in [9.17, 15) is 18.0 Å². The summed E-state index contributed by atoms with van der Waals surface area (Å²) < 4.78 is 25.9. The molecule has 0 spiro atoms. The SMILES string of the molecule is CCNC(=O)C(CC)N(Cc1ccccc1)C(=O)CCCN(c1ccccc1)S(C)(=O)=O. The third-order valence-electron chi connectivity index (χ3n) is 5.13. The molecule has 0 aliphatic carbocycles. The Kier molecular flexibility index (Phi) is 9.71. The van der Waals surface area contributed by atoms with E-state index in [2.05, 4.69) is 5.32 Å². The van der Waals surface area contributed by atoms with Gasteiger partial charge in [-0.1, -0.05) is 55.5 Å². The van der Waals surface area contributed by atoms with Gasteiger partial charge >= 0.3 is 0 Å². The van der Waals surface area contributed by atoms with Gasteiger partial charge in [-0.2, -0.15) is 0 Å². The summed E-state index contributed by atoms with van der Waals surface area (Å²) in [5, 5.41) is 2.81. The Bertz CT molecular complexity index is 965. The number of sulfonamides is 1. The fourth-order valence-electron chi connectivity index (χ4n) is 3.59. The number of carbonyl (C=O) groups excluding carboxylic acids is 2. The molecule has 0 heterocycles. The lowest BCUT2D eigenvalue weighted by Crippen LogP contribution is -2.49. The normalized spacial score (nSPS) is 12.1. The number of nitrogens with one attached hydrogen (secondary N) is 1. The molecule has 2 aromatic carbocycles. The van der Waals surface area contributed by atoms with Crippen molar-refractivity contribution in [1.29, 1.82) is 0 Å². The fraction of sp³-hybridized carbons (Fsp3) is 0.417. The molecule has 0 bridgehead atoms. The summed E-state index contributed by atoms with van der Waals surface area (Å²) in [5.74, 6) is -0.352. The van der Waals surface area contributed by atoms with Gasteiger partial charge in [0.2, 0.25) is 21.8 Å². The van der Waals surface area contributed by atoms with Crippen LogP contribution in [0.4, 0.5) is 5.69 Å². The van der Waals surface area contributed by atoms with Gasteiger partial charge in [-0.25, -0.2) is 8.42 Å². The van der Waals surface area contributed by atoms with Gasteiger partial charge in [-0.15, -0.1) is 0 Å². The minimum atomic E-state index is -3.48. The maximum absolute atomic E-state index is 13.2. The molecule has 0 saturated heterocycles. The number of carbonyl (C=O) groups is 2. The Morgan fingerprint density at radius 1 is 0.969 bits per heavy atom. The molecule has 8 heteroatoms. The van der Waals surface area contributed by atoms with Crippen molar-refractivity contribution in [3.05, 3.63) is 66.2 Å². The Balaban J connectivity index is 2.15. The molecule has 0 aliphatic rings.